The molecule has 100 valence electrons. The summed E-state index contributed by atoms with van der Waals surface area (Å²) in [7, 11) is 0. The molecule has 0 amide bonds. The van der Waals surface area contributed by atoms with Crippen LogP contribution < -0.4 is 5.73 Å². The fourth-order valence-electron chi connectivity index (χ4n) is 1.81. The highest BCUT2D eigenvalue weighted by molar-refractivity contribution is 5.39. The first-order valence-corrected chi connectivity index (χ1v) is 5.83. The summed E-state index contributed by atoms with van der Waals surface area (Å²) in [6.07, 6.45) is -1.42. The number of nitrogens with two attached hydrogens (primary N) is 1. The minimum Gasteiger partial charge on any atom is -0.388 e. The Bertz CT molecular complexity index is 543. The van der Waals surface area contributed by atoms with Gasteiger partial charge in [0.25, 0.3) is 6.43 Å². The lowest BCUT2D eigenvalue weighted by Crippen LogP contribution is -2.05. The SMILES string of the molecule is Nc1ncccc1CC(O)c1ccc(C(F)F)cc1. The van der Waals surface area contributed by atoms with Crippen LogP contribution in [0.4, 0.5) is 14.6 Å². The highest BCUT2D eigenvalue weighted by Gasteiger charge is 2.12. The molecule has 0 radical (unpaired) electrons. The van der Waals surface area contributed by atoms with E-state index in [1.165, 1.54) is 24.3 Å². The van der Waals surface area contributed by atoms with Gasteiger partial charge in [0.15, 0.2) is 0 Å². The number of anilines is 1. The first-order valence-electron chi connectivity index (χ1n) is 5.83. The number of pyridine rings is 1. The summed E-state index contributed by atoms with van der Waals surface area (Å²) in [5, 5.41) is 10.1. The summed E-state index contributed by atoms with van der Waals surface area (Å²) in [5.74, 6) is 0.366. The van der Waals surface area contributed by atoms with Crippen molar-refractivity contribution in [2.45, 2.75) is 19.0 Å². The van der Waals surface area contributed by atoms with Crippen molar-refractivity contribution in [1.82, 2.24) is 4.98 Å². The van der Waals surface area contributed by atoms with Gasteiger partial charge in [-0.05, 0) is 17.2 Å². The number of benzene rings is 1. The Hall–Kier alpha value is -2.01. The topological polar surface area (TPSA) is 59.1 Å². The zero-order chi connectivity index (χ0) is 13.8. The Morgan fingerprint density at radius 2 is 1.74 bits per heavy atom. The molecule has 3 N–H and O–H groups in total. The smallest absolute Gasteiger partial charge is 0.263 e. The number of nitrogens with zero attached hydrogens (tertiary/aromatic N) is 1. The van der Waals surface area contributed by atoms with Gasteiger partial charge in [-0.2, -0.15) is 0 Å². The predicted octanol–water partition coefficient (Wildman–Crippen LogP) is 2.88. The molecule has 2 aromatic rings. The zero-order valence-electron chi connectivity index (χ0n) is 10.1. The maximum absolute atomic E-state index is 12.4. The molecule has 0 aliphatic rings. The number of aliphatic hydroxyl groups excluding tert-OH is 1. The molecular weight excluding hydrogens is 250 g/mol. The average Bonchev–Trinajstić information content (AvgIpc) is 2.41. The van der Waals surface area contributed by atoms with E-state index in [9.17, 15) is 13.9 Å². The molecule has 5 heteroatoms. The van der Waals surface area contributed by atoms with E-state index in [1.807, 2.05) is 0 Å². The molecule has 0 aliphatic heterocycles. The van der Waals surface area contributed by atoms with Gasteiger partial charge < -0.3 is 10.8 Å². The minimum atomic E-state index is -2.50. The van der Waals surface area contributed by atoms with Gasteiger partial charge in [0.05, 0.1) is 6.10 Å². The van der Waals surface area contributed by atoms with Crippen LogP contribution in [0.2, 0.25) is 0 Å². The van der Waals surface area contributed by atoms with Crippen molar-refractivity contribution in [2.75, 3.05) is 5.73 Å². The third kappa shape index (κ3) is 3.26. The molecular formula is C14H14F2N2O. The molecule has 1 atom stereocenters. The summed E-state index contributed by atoms with van der Waals surface area (Å²) in [5.41, 5.74) is 6.94. The fraction of sp³-hybridized carbons (Fsp3) is 0.214. The molecule has 0 spiro atoms. The van der Waals surface area contributed by atoms with E-state index in [-0.39, 0.29) is 5.56 Å². The van der Waals surface area contributed by atoms with Gasteiger partial charge in [-0.15, -0.1) is 0 Å². The minimum absolute atomic E-state index is 0.0585. The molecule has 1 heterocycles. The molecule has 1 aromatic heterocycles. The van der Waals surface area contributed by atoms with Crippen molar-refractivity contribution in [3.05, 3.63) is 59.3 Å². The third-order valence-electron chi connectivity index (χ3n) is 2.91. The number of hydrogen-bond donors (Lipinski definition) is 2. The number of rotatable bonds is 4. The largest absolute Gasteiger partial charge is 0.388 e. The molecule has 0 aliphatic carbocycles. The van der Waals surface area contributed by atoms with Gasteiger partial charge in [-0.1, -0.05) is 30.3 Å². The van der Waals surface area contributed by atoms with Crippen molar-refractivity contribution >= 4 is 5.82 Å². The van der Waals surface area contributed by atoms with Crippen LogP contribution in [-0.4, -0.2) is 10.1 Å². The van der Waals surface area contributed by atoms with Crippen LogP contribution in [0.3, 0.4) is 0 Å². The van der Waals surface area contributed by atoms with E-state index >= 15 is 0 Å². The number of hydrogen-bond acceptors (Lipinski definition) is 3. The van der Waals surface area contributed by atoms with E-state index in [0.717, 1.165) is 5.56 Å². The second-order valence-corrected chi connectivity index (χ2v) is 4.24. The average molecular weight is 264 g/mol. The Morgan fingerprint density at radius 3 is 2.32 bits per heavy atom. The molecule has 0 fully saturated rings. The Morgan fingerprint density at radius 1 is 1.11 bits per heavy atom. The number of alkyl halides is 2. The number of aliphatic hydroxyl groups is 1. The van der Waals surface area contributed by atoms with E-state index in [4.69, 9.17) is 5.73 Å². The lowest BCUT2D eigenvalue weighted by atomic mass is 10.0. The first kappa shape index (κ1) is 13.4. The predicted molar refractivity (Wildman–Crippen MR) is 68.7 cm³/mol. The summed E-state index contributed by atoms with van der Waals surface area (Å²) in [4.78, 5) is 3.93. The Kier molecular flexibility index (Phi) is 4.06. The van der Waals surface area contributed by atoms with Crippen LogP contribution in [0, 0.1) is 0 Å². The van der Waals surface area contributed by atoms with Gasteiger partial charge >= 0.3 is 0 Å². The zero-order valence-corrected chi connectivity index (χ0v) is 10.1. The molecule has 0 saturated heterocycles. The number of halogens is 2. The highest BCUT2D eigenvalue weighted by atomic mass is 19.3. The van der Waals surface area contributed by atoms with Crippen LogP contribution >= 0.6 is 0 Å². The molecule has 1 unspecified atom stereocenters. The van der Waals surface area contributed by atoms with Crippen LogP contribution in [0.25, 0.3) is 0 Å². The van der Waals surface area contributed by atoms with Crippen molar-refractivity contribution in [3.63, 3.8) is 0 Å². The lowest BCUT2D eigenvalue weighted by molar-refractivity contribution is 0.151. The lowest BCUT2D eigenvalue weighted by Gasteiger charge is -2.12. The summed E-state index contributed by atoms with van der Waals surface area (Å²) >= 11 is 0. The van der Waals surface area contributed by atoms with Gasteiger partial charge in [-0.25, -0.2) is 13.8 Å². The molecule has 3 nitrogen and oxygen atoms in total. The van der Waals surface area contributed by atoms with Crippen molar-refractivity contribution in [3.8, 4) is 0 Å². The normalized spacial score (nSPS) is 12.6. The van der Waals surface area contributed by atoms with E-state index in [1.54, 1.807) is 18.3 Å². The maximum atomic E-state index is 12.4. The third-order valence-corrected chi connectivity index (χ3v) is 2.91. The van der Waals surface area contributed by atoms with Crippen molar-refractivity contribution in [2.24, 2.45) is 0 Å². The van der Waals surface area contributed by atoms with E-state index in [0.29, 0.717) is 17.8 Å². The van der Waals surface area contributed by atoms with Gasteiger partial charge in [0, 0.05) is 18.2 Å². The molecule has 1 aromatic carbocycles. The Balaban J connectivity index is 2.12. The van der Waals surface area contributed by atoms with E-state index < -0.39 is 12.5 Å². The van der Waals surface area contributed by atoms with Crippen molar-refractivity contribution < 1.29 is 13.9 Å². The fourth-order valence-corrected chi connectivity index (χ4v) is 1.81. The summed E-state index contributed by atoms with van der Waals surface area (Å²) in [6.45, 7) is 0. The van der Waals surface area contributed by atoms with Crippen LogP contribution in [0.15, 0.2) is 42.6 Å². The molecule has 2 rings (SSSR count). The first-order chi connectivity index (χ1) is 9.08. The van der Waals surface area contributed by atoms with Gasteiger partial charge in [0.2, 0.25) is 0 Å². The van der Waals surface area contributed by atoms with Crippen LogP contribution in [-0.2, 0) is 6.42 Å². The molecule has 19 heavy (non-hydrogen) atoms. The molecule has 0 saturated carbocycles. The quantitative estimate of drug-likeness (QED) is 0.892. The summed E-state index contributed by atoms with van der Waals surface area (Å²) in [6, 6.07) is 9.14. The van der Waals surface area contributed by atoms with Crippen molar-refractivity contribution in [1.29, 1.82) is 0 Å². The monoisotopic (exact) mass is 264 g/mol. The molecule has 0 bridgehead atoms. The Labute approximate surface area is 109 Å². The maximum Gasteiger partial charge on any atom is 0.263 e. The van der Waals surface area contributed by atoms with E-state index in [2.05, 4.69) is 4.98 Å². The number of nitrogen functional groups attached to an aromatic ring is 1. The van der Waals surface area contributed by atoms with Gasteiger partial charge in [-0.3, -0.25) is 0 Å². The second-order valence-electron chi connectivity index (χ2n) is 4.24. The highest BCUT2D eigenvalue weighted by Crippen LogP contribution is 2.24. The standard InChI is InChI=1S/C14H14F2N2O/c15-13(16)10-5-3-9(4-6-10)12(19)8-11-2-1-7-18-14(11)17/h1-7,12-13,19H,8H2,(H2,17,18). The number of aromatic nitrogens is 1. The van der Waals surface area contributed by atoms with Crippen LogP contribution in [0.1, 0.15) is 29.2 Å². The van der Waals surface area contributed by atoms with Crippen LogP contribution in [0.5, 0.6) is 0 Å². The second kappa shape index (κ2) is 5.75. The summed E-state index contributed by atoms with van der Waals surface area (Å²) < 4.78 is 24.8. The van der Waals surface area contributed by atoms with Gasteiger partial charge in [0.1, 0.15) is 5.82 Å².